The lowest BCUT2D eigenvalue weighted by atomic mass is 10.1. The van der Waals surface area contributed by atoms with Gasteiger partial charge in [0.25, 0.3) is 17.5 Å². The van der Waals surface area contributed by atoms with Gasteiger partial charge in [0.15, 0.2) is 0 Å². The van der Waals surface area contributed by atoms with E-state index in [-0.39, 0.29) is 11.4 Å². The van der Waals surface area contributed by atoms with Crippen molar-refractivity contribution in [2.24, 2.45) is 5.10 Å². The SMILES string of the molecule is CN(C)c1ccc(/C=C(\NC(=O)c2cccc(Br)c2)C(=O)N/N=C/c2cccc([N+](=O)[O-])c2)cc1. The maximum atomic E-state index is 12.9. The number of nitrogens with one attached hydrogen (secondary N) is 2. The molecule has 178 valence electrons. The minimum absolute atomic E-state index is 0.0243. The van der Waals surface area contributed by atoms with Crippen LogP contribution in [0.25, 0.3) is 6.08 Å². The summed E-state index contributed by atoms with van der Waals surface area (Å²) in [7, 11) is 3.84. The number of hydrogen-bond acceptors (Lipinski definition) is 6. The average Bonchev–Trinajstić information content (AvgIpc) is 2.84. The smallest absolute Gasteiger partial charge is 0.287 e. The Morgan fingerprint density at radius 2 is 1.71 bits per heavy atom. The first-order valence-corrected chi connectivity index (χ1v) is 11.2. The van der Waals surface area contributed by atoms with Crippen molar-refractivity contribution in [3.05, 3.63) is 110 Å². The van der Waals surface area contributed by atoms with Crippen LogP contribution in [0.3, 0.4) is 0 Å². The number of benzene rings is 3. The zero-order valence-corrected chi connectivity index (χ0v) is 20.5. The van der Waals surface area contributed by atoms with Crippen LogP contribution in [0.2, 0.25) is 0 Å². The lowest BCUT2D eigenvalue weighted by Gasteiger charge is -2.13. The molecule has 35 heavy (non-hydrogen) atoms. The van der Waals surface area contributed by atoms with E-state index in [9.17, 15) is 19.7 Å². The van der Waals surface area contributed by atoms with Gasteiger partial charge < -0.3 is 10.2 Å². The number of hydrazone groups is 1. The summed E-state index contributed by atoms with van der Waals surface area (Å²) in [6, 6.07) is 20.0. The number of rotatable bonds is 8. The molecule has 10 heteroatoms. The Balaban J connectivity index is 1.83. The number of amides is 2. The van der Waals surface area contributed by atoms with Gasteiger partial charge in [-0.25, -0.2) is 5.43 Å². The molecule has 3 rings (SSSR count). The first kappa shape index (κ1) is 25.3. The molecule has 0 saturated heterocycles. The van der Waals surface area contributed by atoms with E-state index in [1.54, 1.807) is 30.3 Å². The fourth-order valence-corrected chi connectivity index (χ4v) is 3.36. The number of nitro benzene ring substituents is 1. The first-order valence-electron chi connectivity index (χ1n) is 10.4. The summed E-state index contributed by atoms with van der Waals surface area (Å²) in [6.45, 7) is 0. The van der Waals surface area contributed by atoms with E-state index in [0.29, 0.717) is 16.7 Å². The molecule has 0 bridgehead atoms. The van der Waals surface area contributed by atoms with Crippen molar-refractivity contribution in [3.8, 4) is 0 Å². The van der Waals surface area contributed by atoms with Gasteiger partial charge in [-0.2, -0.15) is 5.10 Å². The van der Waals surface area contributed by atoms with Gasteiger partial charge in [0.05, 0.1) is 11.1 Å². The number of carbonyl (C=O) groups is 2. The summed E-state index contributed by atoms with van der Waals surface area (Å²) in [4.78, 5) is 38.0. The van der Waals surface area contributed by atoms with Gasteiger partial charge >= 0.3 is 0 Å². The molecular formula is C25H22BrN5O4. The van der Waals surface area contributed by atoms with Crippen LogP contribution in [-0.4, -0.2) is 37.0 Å². The third kappa shape index (κ3) is 7.34. The normalized spacial score (nSPS) is 11.2. The Kier molecular flexibility index (Phi) is 8.47. The largest absolute Gasteiger partial charge is 0.378 e. The van der Waals surface area contributed by atoms with Crippen LogP contribution in [0.1, 0.15) is 21.5 Å². The van der Waals surface area contributed by atoms with Gasteiger partial charge in [0.1, 0.15) is 5.70 Å². The fourth-order valence-electron chi connectivity index (χ4n) is 2.96. The highest BCUT2D eigenvalue weighted by molar-refractivity contribution is 9.10. The van der Waals surface area contributed by atoms with Gasteiger partial charge in [-0.15, -0.1) is 0 Å². The van der Waals surface area contributed by atoms with Crippen molar-refractivity contribution in [1.29, 1.82) is 0 Å². The average molecular weight is 536 g/mol. The van der Waals surface area contributed by atoms with E-state index in [4.69, 9.17) is 0 Å². The predicted octanol–water partition coefficient (Wildman–Crippen LogP) is 4.34. The van der Waals surface area contributed by atoms with Gasteiger partial charge in [-0.1, -0.05) is 46.3 Å². The molecule has 3 aromatic rings. The highest BCUT2D eigenvalue weighted by atomic mass is 79.9. The van der Waals surface area contributed by atoms with Crippen molar-refractivity contribution in [2.45, 2.75) is 0 Å². The highest BCUT2D eigenvalue weighted by Gasteiger charge is 2.15. The standard InChI is InChI=1S/C25H22BrN5O4/c1-30(2)21-11-9-17(10-12-21)14-23(28-24(32)19-6-4-7-20(26)15-19)25(33)29-27-16-18-5-3-8-22(13-18)31(34)35/h3-16H,1-2H3,(H,28,32)(H,29,33)/b23-14-,27-16+. The van der Waals surface area contributed by atoms with Crippen LogP contribution in [0.15, 0.2) is 88.1 Å². The summed E-state index contributed by atoms with van der Waals surface area (Å²) >= 11 is 3.33. The van der Waals surface area contributed by atoms with E-state index in [2.05, 4.69) is 31.8 Å². The van der Waals surface area contributed by atoms with Crippen LogP contribution in [0, 0.1) is 10.1 Å². The van der Waals surface area contributed by atoms with E-state index >= 15 is 0 Å². The molecule has 0 aromatic heterocycles. The lowest BCUT2D eigenvalue weighted by Crippen LogP contribution is -2.32. The molecule has 0 spiro atoms. The minimum atomic E-state index is -0.660. The Hall–Kier alpha value is -4.31. The fraction of sp³-hybridized carbons (Fsp3) is 0.0800. The Morgan fingerprint density at radius 1 is 1.00 bits per heavy atom. The van der Waals surface area contributed by atoms with Crippen LogP contribution in [0.4, 0.5) is 11.4 Å². The van der Waals surface area contributed by atoms with Crippen LogP contribution in [-0.2, 0) is 4.79 Å². The topological polar surface area (TPSA) is 117 Å². The number of carbonyl (C=O) groups excluding carboxylic acids is 2. The van der Waals surface area contributed by atoms with Crippen molar-refractivity contribution < 1.29 is 14.5 Å². The maximum Gasteiger partial charge on any atom is 0.287 e. The van der Waals surface area contributed by atoms with Crippen LogP contribution >= 0.6 is 15.9 Å². The molecular weight excluding hydrogens is 514 g/mol. The Morgan fingerprint density at radius 3 is 2.37 bits per heavy atom. The number of nitrogens with zero attached hydrogens (tertiary/aromatic N) is 3. The Bertz CT molecular complexity index is 1300. The molecule has 0 atom stereocenters. The van der Waals surface area contributed by atoms with E-state index < -0.39 is 16.7 Å². The summed E-state index contributed by atoms with van der Waals surface area (Å²) in [5.41, 5.74) is 4.71. The summed E-state index contributed by atoms with van der Waals surface area (Å²) in [5, 5.41) is 17.5. The third-order valence-electron chi connectivity index (χ3n) is 4.76. The van der Waals surface area contributed by atoms with E-state index in [1.807, 2.05) is 43.3 Å². The van der Waals surface area contributed by atoms with Crippen LogP contribution < -0.4 is 15.6 Å². The molecule has 2 amide bonds. The monoisotopic (exact) mass is 535 g/mol. The Labute approximate surface area is 210 Å². The quantitative estimate of drug-likeness (QED) is 0.192. The van der Waals surface area contributed by atoms with Gasteiger partial charge in [-0.3, -0.25) is 19.7 Å². The molecule has 0 saturated carbocycles. The number of hydrogen-bond donors (Lipinski definition) is 2. The third-order valence-corrected chi connectivity index (χ3v) is 5.25. The first-order chi connectivity index (χ1) is 16.7. The number of anilines is 1. The zero-order chi connectivity index (χ0) is 25.4. The van der Waals surface area contributed by atoms with E-state index in [0.717, 1.165) is 10.2 Å². The molecule has 0 fully saturated rings. The van der Waals surface area contributed by atoms with Crippen molar-refractivity contribution in [3.63, 3.8) is 0 Å². The number of nitro groups is 1. The molecule has 3 aromatic carbocycles. The molecule has 9 nitrogen and oxygen atoms in total. The molecule has 0 aliphatic heterocycles. The summed E-state index contributed by atoms with van der Waals surface area (Å²) in [6.07, 6.45) is 2.82. The molecule has 0 aliphatic carbocycles. The second kappa shape index (κ2) is 11.7. The van der Waals surface area contributed by atoms with Gasteiger partial charge in [0.2, 0.25) is 0 Å². The van der Waals surface area contributed by atoms with Gasteiger partial charge in [0, 0.05) is 47.5 Å². The zero-order valence-electron chi connectivity index (χ0n) is 18.9. The number of halogens is 1. The molecule has 0 heterocycles. The summed E-state index contributed by atoms with van der Waals surface area (Å²) < 4.78 is 0.723. The minimum Gasteiger partial charge on any atom is -0.378 e. The van der Waals surface area contributed by atoms with E-state index in [1.165, 1.54) is 30.5 Å². The van der Waals surface area contributed by atoms with Gasteiger partial charge in [-0.05, 0) is 42.0 Å². The van der Waals surface area contributed by atoms with Crippen LogP contribution in [0.5, 0.6) is 0 Å². The second-order valence-electron chi connectivity index (χ2n) is 7.56. The maximum absolute atomic E-state index is 12.9. The number of non-ortho nitro benzene ring substituents is 1. The molecule has 2 N–H and O–H groups in total. The molecule has 0 unspecified atom stereocenters. The van der Waals surface area contributed by atoms with Crippen molar-refractivity contribution >= 4 is 51.4 Å². The summed E-state index contributed by atoms with van der Waals surface area (Å²) in [5.74, 6) is -1.13. The molecule has 0 radical (unpaired) electrons. The predicted molar refractivity (Wildman–Crippen MR) is 139 cm³/mol. The van der Waals surface area contributed by atoms with Crippen molar-refractivity contribution in [1.82, 2.24) is 10.7 Å². The lowest BCUT2D eigenvalue weighted by molar-refractivity contribution is -0.384. The second-order valence-corrected chi connectivity index (χ2v) is 8.48. The molecule has 0 aliphatic rings. The van der Waals surface area contributed by atoms with Crippen molar-refractivity contribution in [2.75, 3.05) is 19.0 Å². The highest BCUT2D eigenvalue weighted by Crippen LogP contribution is 2.16.